The van der Waals surface area contributed by atoms with Crippen LogP contribution >= 0.6 is 0 Å². The van der Waals surface area contributed by atoms with Crippen molar-refractivity contribution < 1.29 is 18.6 Å². The molecule has 0 saturated carbocycles. The predicted octanol–water partition coefficient (Wildman–Crippen LogP) is 1.75. The molecule has 10 heteroatoms. The van der Waals surface area contributed by atoms with Crippen LogP contribution in [0.2, 0.25) is 0 Å². The van der Waals surface area contributed by atoms with Gasteiger partial charge in [-0.2, -0.15) is 0 Å². The summed E-state index contributed by atoms with van der Waals surface area (Å²) in [5, 5.41) is 3.50. The van der Waals surface area contributed by atoms with E-state index in [9.17, 15) is 9.18 Å². The predicted molar refractivity (Wildman–Crippen MR) is 122 cm³/mol. The third-order valence-electron chi connectivity index (χ3n) is 6.70. The topological polar surface area (TPSA) is 90.7 Å². The lowest BCUT2D eigenvalue weighted by Crippen LogP contribution is -2.39. The molecule has 0 aliphatic carbocycles. The van der Waals surface area contributed by atoms with Gasteiger partial charge in [-0.1, -0.05) is 0 Å². The third-order valence-corrected chi connectivity index (χ3v) is 6.70. The molecule has 0 amide bonds. The Hall–Kier alpha value is -3.24. The van der Waals surface area contributed by atoms with E-state index in [1.807, 2.05) is 6.07 Å². The van der Waals surface area contributed by atoms with Crippen LogP contribution in [0.5, 0.6) is 17.2 Å². The average Bonchev–Trinajstić information content (AvgIpc) is 3.30. The number of ether oxygens (including phenoxy) is 3. The Morgan fingerprint density at radius 1 is 1.12 bits per heavy atom. The first-order valence-electron chi connectivity index (χ1n) is 11.7. The lowest BCUT2D eigenvalue weighted by Gasteiger charge is -2.31. The highest BCUT2D eigenvalue weighted by molar-refractivity contribution is 5.82. The van der Waals surface area contributed by atoms with Crippen LogP contribution in [0.25, 0.3) is 11.0 Å². The van der Waals surface area contributed by atoms with Gasteiger partial charge in [0.2, 0.25) is 0 Å². The van der Waals surface area contributed by atoms with Crippen LogP contribution in [-0.4, -0.2) is 65.4 Å². The second-order valence-electron chi connectivity index (χ2n) is 9.04. The number of hydrogen-bond donors (Lipinski definition) is 1. The molecule has 6 rings (SSSR count). The molecular weight excluding hydrogens is 441 g/mol. The summed E-state index contributed by atoms with van der Waals surface area (Å²) in [6, 6.07) is 4.87. The number of halogens is 1. The first-order valence-corrected chi connectivity index (χ1v) is 11.7. The fourth-order valence-corrected chi connectivity index (χ4v) is 5.09. The Balaban J connectivity index is 1.07. The molecule has 3 aliphatic heterocycles. The molecule has 0 aromatic carbocycles. The van der Waals surface area contributed by atoms with E-state index in [0.717, 1.165) is 43.7 Å². The van der Waals surface area contributed by atoms with Gasteiger partial charge in [-0.25, -0.2) is 4.39 Å². The maximum absolute atomic E-state index is 14.2. The second kappa shape index (κ2) is 8.84. The molecule has 1 N–H and O–H groups in total. The summed E-state index contributed by atoms with van der Waals surface area (Å²) in [5.74, 6) is 1.53. The second-order valence-corrected chi connectivity index (χ2v) is 9.04. The minimum atomic E-state index is -0.537. The number of nitrogens with zero attached hydrogens (tertiary/aromatic N) is 4. The smallest absolute Gasteiger partial charge is 0.251 e. The molecular formula is C24H26FN5O4. The summed E-state index contributed by atoms with van der Waals surface area (Å²) >= 11 is 0. The number of pyridine rings is 3. The van der Waals surface area contributed by atoms with E-state index < -0.39 is 5.82 Å². The van der Waals surface area contributed by atoms with Gasteiger partial charge in [0.25, 0.3) is 5.56 Å². The van der Waals surface area contributed by atoms with Crippen molar-refractivity contribution in [3.63, 3.8) is 0 Å². The zero-order valence-electron chi connectivity index (χ0n) is 18.7. The van der Waals surface area contributed by atoms with Crippen molar-refractivity contribution in [2.45, 2.75) is 19.0 Å². The van der Waals surface area contributed by atoms with E-state index in [1.165, 1.54) is 6.07 Å². The first kappa shape index (κ1) is 21.3. The number of hydrogen-bond acceptors (Lipinski definition) is 8. The van der Waals surface area contributed by atoms with E-state index in [1.54, 1.807) is 16.8 Å². The third kappa shape index (κ3) is 3.97. The van der Waals surface area contributed by atoms with Crippen molar-refractivity contribution >= 4 is 11.0 Å². The largest absolute Gasteiger partial charge is 0.486 e. The molecule has 178 valence electrons. The van der Waals surface area contributed by atoms with E-state index >= 15 is 0 Å². The maximum atomic E-state index is 14.2. The Kier molecular flexibility index (Phi) is 5.54. The van der Waals surface area contributed by atoms with Crippen LogP contribution in [-0.2, 0) is 6.54 Å². The fraction of sp³-hybridized carbons (Fsp3) is 0.458. The van der Waals surface area contributed by atoms with Crippen LogP contribution in [0.1, 0.15) is 18.2 Å². The van der Waals surface area contributed by atoms with Gasteiger partial charge in [-0.3, -0.25) is 19.3 Å². The normalized spacial score (nSPS) is 21.6. The summed E-state index contributed by atoms with van der Waals surface area (Å²) < 4.78 is 32.8. The summed E-state index contributed by atoms with van der Waals surface area (Å²) in [5.41, 5.74) is 1.79. The Morgan fingerprint density at radius 3 is 2.91 bits per heavy atom. The number of aromatic nitrogens is 3. The monoisotopic (exact) mass is 467 g/mol. The van der Waals surface area contributed by atoms with Crippen molar-refractivity contribution in [3.8, 4) is 17.2 Å². The summed E-state index contributed by atoms with van der Waals surface area (Å²) in [6.07, 6.45) is 3.93. The van der Waals surface area contributed by atoms with Crippen molar-refractivity contribution in [2.24, 2.45) is 5.92 Å². The first-order chi connectivity index (χ1) is 16.7. The van der Waals surface area contributed by atoms with Crippen LogP contribution in [0.3, 0.4) is 0 Å². The van der Waals surface area contributed by atoms with Gasteiger partial charge < -0.3 is 24.4 Å². The Labute approximate surface area is 195 Å². The zero-order chi connectivity index (χ0) is 23.1. The molecule has 2 atom stereocenters. The Bertz CT molecular complexity index is 1280. The van der Waals surface area contributed by atoms with Crippen molar-refractivity contribution in [1.82, 2.24) is 24.8 Å². The molecule has 34 heavy (non-hydrogen) atoms. The highest BCUT2D eigenvalue weighted by Gasteiger charge is 2.30. The fourth-order valence-electron chi connectivity index (χ4n) is 5.09. The van der Waals surface area contributed by atoms with Gasteiger partial charge in [-0.15, -0.1) is 0 Å². The summed E-state index contributed by atoms with van der Waals surface area (Å²) in [4.78, 5) is 23.6. The molecule has 1 fully saturated rings. The minimum absolute atomic E-state index is 0.121. The standard InChI is InChI=1S/C24H26FN5O4/c25-18-10-28-19-1-2-22(31)30-17(14-34-24(18)23(19)30)13-29-4-3-15(12-29)8-26-9-16-7-20-21(11-27-16)33-6-5-32-20/h1-2,7,10-11,15,17,26H,3-6,8-9,12-14H2/t15-,17-/m1/s1. The number of fused-ring (bicyclic) bond motifs is 1. The number of rotatable bonds is 6. The number of nitrogens with one attached hydrogen (secondary N) is 1. The maximum Gasteiger partial charge on any atom is 0.251 e. The number of likely N-dealkylation sites (tertiary alicyclic amines) is 1. The van der Waals surface area contributed by atoms with Crippen molar-refractivity contribution in [1.29, 1.82) is 0 Å². The molecule has 6 heterocycles. The van der Waals surface area contributed by atoms with Gasteiger partial charge >= 0.3 is 0 Å². The average molecular weight is 468 g/mol. The molecule has 0 spiro atoms. The van der Waals surface area contributed by atoms with Crippen molar-refractivity contribution in [2.75, 3.05) is 46.0 Å². The van der Waals surface area contributed by atoms with E-state index in [4.69, 9.17) is 14.2 Å². The zero-order valence-corrected chi connectivity index (χ0v) is 18.7. The quantitative estimate of drug-likeness (QED) is 0.587. The highest BCUT2D eigenvalue weighted by atomic mass is 19.1. The van der Waals surface area contributed by atoms with Gasteiger partial charge in [0, 0.05) is 31.8 Å². The molecule has 3 aromatic rings. The van der Waals surface area contributed by atoms with Crippen LogP contribution in [0.15, 0.2) is 35.4 Å². The summed E-state index contributed by atoms with van der Waals surface area (Å²) in [6.45, 7) is 5.48. The van der Waals surface area contributed by atoms with Gasteiger partial charge in [0.05, 0.1) is 29.6 Å². The minimum Gasteiger partial charge on any atom is -0.486 e. The van der Waals surface area contributed by atoms with Crippen LogP contribution in [0.4, 0.5) is 4.39 Å². The SMILES string of the molecule is O=c1ccc2ncc(F)c3c2n1[C@H](CN1CC[C@H](CNCc2cc4c(cn2)OCCO4)C1)CO3. The molecule has 3 aromatic heterocycles. The molecule has 0 radical (unpaired) electrons. The van der Waals surface area contributed by atoms with Crippen molar-refractivity contribution in [3.05, 3.63) is 52.5 Å². The lowest BCUT2D eigenvalue weighted by atomic mass is 10.1. The van der Waals surface area contributed by atoms with E-state index in [0.29, 0.717) is 49.0 Å². The molecule has 3 aliphatic rings. The van der Waals surface area contributed by atoms with Gasteiger partial charge in [0.15, 0.2) is 23.1 Å². The summed E-state index contributed by atoms with van der Waals surface area (Å²) in [7, 11) is 0. The van der Waals surface area contributed by atoms with Gasteiger partial charge in [-0.05, 0) is 31.5 Å². The molecule has 9 nitrogen and oxygen atoms in total. The van der Waals surface area contributed by atoms with E-state index in [-0.39, 0.29) is 24.0 Å². The lowest BCUT2D eigenvalue weighted by molar-refractivity contribution is 0.170. The van der Waals surface area contributed by atoms with Crippen LogP contribution in [0, 0.1) is 11.7 Å². The highest BCUT2D eigenvalue weighted by Crippen LogP contribution is 2.33. The molecule has 0 unspecified atom stereocenters. The van der Waals surface area contributed by atoms with Gasteiger partial charge in [0.1, 0.15) is 25.3 Å². The Morgan fingerprint density at radius 2 is 2.00 bits per heavy atom. The molecule has 1 saturated heterocycles. The van der Waals surface area contributed by atoms with Crippen LogP contribution < -0.4 is 25.1 Å². The molecule has 0 bridgehead atoms. The van der Waals surface area contributed by atoms with E-state index in [2.05, 4.69) is 20.2 Å².